The van der Waals surface area contributed by atoms with E-state index in [9.17, 15) is 9.90 Å². The lowest BCUT2D eigenvalue weighted by molar-refractivity contribution is -0.123. The minimum absolute atomic E-state index is 0.0497. The van der Waals surface area contributed by atoms with E-state index in [-0.39, 0.29) is 19.1 Å². The molecule has 1 amide bonds. The maximum atomic E-state index is 11.9. The summed E-state index contributed by atoms with van der Waals surface area (Å²) in [6.45, 7) is 4.04. The Morgan fingerprint density at radius 3 is 2.39 bits per heavy atom. The normalized spacial score (nSPS) is 10.4. The third-order valence-corrected chi connectivity index (χ3v) is 4.14. The Hall–Kier alpha value is -2.04. The van der Waals surface area contributed by atoms with Crippen molar-refractivity contribution in [3.63, 3.8) is 0 Å². The lowest BCUT2D eigenvalue weighted by atomic mass is 10.1. The van der Waals surface area contributed by atoms with Crippen molar-refractivity contribution >= 4 is 17.5 Å². The number of halogens is 1. The minimum Gasteiger partial charge on any atom is -0.484 e. The number of rotatable bonds is 6. The summed E-state index contributed by atoms with van der Waals surface area (Å²) in [7, 11) is 0. The molecule has 2 rings (SSSR count). The molecule has 0 aromatic heterocycles. The van der Waals surface area contributed by atoms with Crippen LogP contribution in [0.1, 0.15) is 22.3 Å². The van der Waals surface area contributed by atoms with E-state index in [0.29, 0.717) is 17.3 Å². The standard InChI is InChI=1S/C18H20ClNO3/c1-12-7-16(8-13(2)18(12)19)23-11-17(22)20-9-14-5-3-4-6-15(14)10-21/h3-8,21H,9-11H2,1-2H3,(H,20,22). The van der Waals surface area contributed by atoms with Gasteiger partial charge in [-0.2, -0.15) is 0 Å². The molecule has 0 saturated heterocycles. The number of aliphatic hydroxyl groups is 1. The molecule has 5 heteroatoms. The fourth-order valence-electron chi connectivity index (χ4n) is 2.27. The molecule has 0 aliphatic rings. The largest absolute Gasteiger partial charge is 0.484 e. The predicted molar refractivity (Wildman–Crippen MR) is 90.6 cm³/mol. The van der Waals surface area contributed by atoms with Crippen molar-refractivity contribution in [3.05, 3.63) is 63.7 Å². The Labute approximate surface area is 141 Å². The number of carbonyl (C=O) groups is 1. The van der Waals surface area contributed by atoms with Crippen LogP contribution in [0.5, 0.6) is 5.75 Å². The van der Waals surface area contributed by atoms with Crippen LogP contribution in [0.4, 0.5) is 0 Å². The summed E-state index contributed by atoms with van der Waals surface area (Å²) in [6.07, 6.45) is 0. The van der Waals surface area contributed by atoms with Crippen molar-refractivity contribution in [2.24, 2.45) is 0 Å². The number of aryl methyl sites for hydroxylation is 2. The smallest absolute Gasteiger partial charge is 0.258 e. The van der Waals surface area contributed by atoms with Crippen LogP contribution in [0.15, 0.2) is 36.4 Å². The molecule has 0 aliphatic heterocycles. The van der Waals surface area contributed by atoms with Crippen molar-refractivity contribution in [2.45, 2.75) is 27.0 Å². The maximum absolute atomic E-state index is 11.9. The van der Waals surface area contributed by atoms with E-state index in [1.165, 1.54) is 0 Å². The number of carbonyl (C=O) groups excluding carboxylic acids is 1. The average molecular weight is 334 g/mol. The van der Waals surface area contributed by atoms with Crippen molar-refractivity contribution in [3.8, 4) is 5.75 Å². The van der Waals surface area contributed by atoms with Gasteiger partial charge in [-0.15, -0.1) is 0 Å². The zero-order valence-corrected chi connectivity index (χ0v) is 14.0. The van der Waals surface area contributed by atoms with E-state index in [1.807, 2.05) is 50.2 Å². The molecule has 23 heavy (non-hydrogen) atoms. The molecular formula is C18H20ClNO3. The first kappa shape index (κ1) is 17.3. The van der Waals surface area contributed by atoms with Crippen LogP contribution in [0, 0.1) is 13.8 Å². The molecule has 0 atom stereocenters. The molecule has 0 heterocycles. The summed E-state index contributed by atoms with van der Waals surface area (Å²) in [4.78, 5) is 11.9. The average Bonchev–Trinajstić information content (AvgIpc) is 2.56. The number of ether oxygens (including phenoxy) is 1. The van der Waals surface area contributed by atoms with Gasteiger partial charge in [0.15, 0.2) is 6.61 Å². The van der Waals surface area contributed by atoms with E-state index < -0.39 is 0 Å². The first-order chi connectivity index (χ1) is 11.0. The van der Waals surface area contributed by atoms with Crippen LogP contribution in [0.3, 0.4) is 0 Å². The molecule has 0 unspecified atom stereocenters. The Bertz CT molecular complexity index is 677. The summed E-state index contributed by atoms with van der Waals surface area (Å²) in [5.41, 5.74) is 3.53. The first-order valence-electron chi connectivity index (χ1n) is 7.35. The zero-order valence-electron chi connectivity index (χ0n) is 13.2. The molecule has 122 valence electrons. The third-order valence-electron chi connectivity index (χ3n) is 3.54. The van der Waals surface area contributed by atoms with Gasteiger partial charge >= 0.3 is 0 Å². The van der Waals surface area contributed by atoms with Gasteiger partial charge in [-0.05, 0) is 48.2 Å². The van der Waals surface area contributed by atoms with Gasteiger partial charge in [0.1, 0.15) is 5.75 Å². The van der Waals surface area contributed by atoms with Crippen LogP contribution >= 0.6 is 11.6 Å². The molecule has 0 fully saturated rings. The molecule has 0 saturated carbocycles. The number of amides is 1. The van der Waals surface area contributed by atoms with Gasteiger partial charge in [-0.3, -0.25) is 4.79 Å². The summed E-state index contributed by atoms with van der Waals surface area (Å²) in [6, 6.07) is 11.0. The molecular weight excluding hydrogens is 314 g/mol. The second-order valence-corrected chi connectivity index (χ2v) is 5.74. The van der Waals surface area contributed by atoms with Crippen LogP contribution in [-0.4, -0.2) is 17.6 Å². The lowest BCUT2D eigenvalue weighted by Gasteiger charge is -2.11. The Balaban J connectivity index is 1.88. The highest BCUT2D eigenvalue weighted by Crippen LogP contribution is 2.25. The highest BCUT2D eigenvalue weighted by molar-refractivity contribution is 6.32. The van der Waals surface area contributed by atoms with Gasteiger partial charge in [0.05, 0.1) is 6.61 Å². The third kappa shape index (κ3) is 4.71. The molecule has 0 radical (unpaired) electrons. The Morgan fingerprint density at radius 2 is 1.78 bits per heavy atom. The highest BCUT2D eigenvalue weighted by Gasteiger charge is 2.07. The topological polar surface area (TPSA) is 58.6 Å². The van der Waals surface area contributed by atoms with E-state index in [0.717, 1.165) is 22.3 Å². The second-order valence-electron chi connectivity index (χ2n) is 5.36. The van der Waals surface area contributed by atoms with E-state index in [4.69, 9.17) is 16.3 Å². The van der Waals surface area contributed by atoms with Crippen molar-refractivity contribution in [2.75, 3.05) is 6.61 Å². The molecule has 0 bridgehead atoms. The van der Waals surface area contributed by atoms with E-state index in [2.05, 4.69) is 5.32 Å². The SMILES string of the molecule is Cc1cc(OCC(=O)NCc2ccccc2CO)cc(C)c1Cl. The van der Waals surface area contributed by atoms with Crippen LogP contribution in [-0.2, 0) is 17.9 Å². The number of hydrogen-bond donors (Lipinski definition) is 2. The van der Waals surface area contributed by atoms with Crippen LogP contribution in [0.25, 0.3) is 0 Å². The Morgan fingerprint density at radius 1 is 1.17 bits per heavy atom. The minimum atomic E-state index is -0.219. The molecule has 0 aliphatic carbocycles. The monoisotopic (exact) mass is 333 g/mol. The number of hydrogen-bond acceptors (Lipinski definition) is 3. The fourth-order valence-corrected chi connectivity index (χ4v) is 2.38. The van der Waals surface area contributed by atoms with E-state index in [1.54, 1.807) is 0 Å². The van der Waals surface area contributed by atoms with Gasteiger partial charge < -0.3 is 15.2 Å². The molecule has 2 aromatic rings. The summed E-state index contributed by atoms with van der Waals surface area (Å²) in [5, 5.41) is 12.8. The maximum Gasteiger partial charge on any atom is 0.258 e. The molecule has 0 spiro atoms. The number of benzene rings is 2. The highest BCUT2D eigenvalue weighted by atomic mass is 35.5. The Kier molecular flexibility index (Phi) is 6.02. The fraction of sp³-hybridized carbons (Fsp3) is 0.278. The predicted octanol–water partition coefficient (Wildman–Crippen LogP) is 3.14. The molecule has 2 N–H and O–H groups in total. The summed E-state index contributed by atoms with van der Waals surface area (Å²) in [5.74, 6) is 0.401. The van der Waals surface area contributed by atoms with Crippen molar-refractivity contribution in [1.82, 2.24) is 5.32 Å². The zero-order chi connectivity index (χ0) is 16.8. The number of aliphatic hydroxyl groups excluding tert-OH is 1. The first-order valence-corrected chi connectivity index (χ1v) is 7.73. The lowest BCUT2D eigenvalue weighted by Crippen LogP contribution is -2.28. The molecule has 2 aromatic carbocycles. The molecule has 4 nitrogen and oxygen atoms in total. The van der Waals surface area contributed by atoms with Gasteiger partial charge in [0.2, 0.25) is 0 Å². The van der Waals surface area contributed by atoms with E-state index >= 15 is 0 Å². The second kappa shape index (κ2) is 7.99. The summed E-state index contributed by atoms with van der Waals surface area (Å²) >= 11 is 6.10. The summed E-state index contributed by atoms with van der Waals surface area (Å²) < 4.78 is 5.51. The quantitative estimate of drug-likeness (QED) is 0.853. The van der Waals surface area contributed by atoms with Crippen LogP contribution < -0.4 is 10.1 Å². The van der Waals surface area contributed by atoms with Crippen LogP contribution in [0.2, 0.25) is 5.02 Å². The van der Waals surface area contributed by atoms with Gasteiger partial charge in [-0.1, -0.05) is 35.9 Å². The number of nitrogens with one attached hydrogen (secondary N) is 1. The van der Waals surface area contributed by atoms with Crippen molar-refractivity contribution < 1.29 is 14.6 Å². The van der Waals surface area contributed by atoms with Gasteiger partial charge in [0.25, 0.3) is 5.91 Å². The van der Waals surface area contributed by atoms with Gasteiger partial charge in [0, 0.05) is 11.6 Å². The van der Waals surface area contributed by atoms with Crippen molar-refractivity contribution in [1.29, 1.82) is 0 Å². The van der Waals surface area contributed by atoms with Gasteiger partial charge in [-0.25, -0.2) is 0 Å².